The van der Waals surface area contributed by atoms with Crippen LogP contribution < -0.4 is 14.2 Å². The second-order valence-corrected chi connectivity index (χ2v) is 8.94. The second kappa shape index (κ2) is 12.7. The van der Waals surface area contributed by atoms with Crippen LogP contribution in [0.25, 0.3) is 11.5 Å². The maximum Gasteiger partial charge on any atom is 0.417 e. The van der Waals surface area contributed by atoms with E-state index in [9.17, 15) is 13.2 Å². The van der Waals surface area contributed by atoms with E-state index in [1.54, 1.807) is 12.1 Å². The number of methoxy groups -OCH3 is 1. The molecule has 14 heteroatoms. The van der Waals surface area contributed by atoms with Crippen molar-refractivity contribution >= 4 is 46.4 Å². The first-order chi connectivity index (χ1) is 17.1. The highest BCUT2D eigenvalue weighted by Crippen LogP contribution is 2.39. The lowest BCUT2D eigenvalue weighted by molar-refractivity contribution is -0.137. The summed E-state index contributed by atoms with van der Waals surface area (Å²) >= 11 is 23.3. The first-order valence-electron chi connectivity index (χ1n) is 10.3. The minimum atomic E-state index is -4.53. The van der Waals surface area contributed by atoms with Gasteiger partial charge in [0.2, 0.25) is 5.88 Å². The minimum Gasteiger partial charge on any atom is -0.494 e. The smallest absolute Gasteiger partial charge is 0.417 e. The lowest BCUT2D eigenvalue weighted by atomic mass is 10.2. The van der Waals surface area contributed by atoms with Crippen molar-refractivity contribution in [3.8, 4) is 28.8 Å². The number of pyridine rings is 1. The Balaban J connectivity index is 1.57. The monoisotopic (exact) mass is 585 g/mol. The average molecular weight is 587 g/mol. The number of hydrogen-bond donors (Lipinski definition) is 0. The van der Waals surface area contributed by atoms with Crippen molar-refractivity contribution in [3.63, 3.8) is 0 Å². The standard InChI is InChI=1S/C22H18Cl4F3N3O4/c1-33-19-14(9-13(10-15(19)23)34-7-5-17(25)26)20-31-18(32-36-20)4-2-3-6-35-21-16(24)8-12(11-30-21)22(27,28)29/h5,8-11H,2-4,6-7H2,1H3. The molecule has 0 bridgehead atoms. The number of nitrogens with zero attached hydrogens (tertiary/aromatic N) is 3. The van der Waals surface area contributed by atoms with E-state index in [0.717, 1.165) is 6.07 Å². The van der Waals surface area contributed by atoms with Crippen molar-refractivity contribution in [2.45, 2.75) is 25.4 Å². The average Bonchev–Trinajstić information content (AvgIpc) is 3.27. The van der Waals surface area contributed by atoms with Crippen molar-refractivity contribution in [2.24, 2.45) is 0 Å². The number of hydrogen-bond acceptors (Lipinski definition) is 7. The normalized spacial score (nSPS) is 11.3. The number of halogens is 7. The molecule has 0 saturated heterocycles. The molecule has 0 aliphatic heterocycles. The Morgan fingerprint density at radius 3 is 2.53 bits per heavy atom. The molecule has 0 spiro atoms. The molecule has 194 valence electrons. The van der Waals surface area contributed by atoms with Gasteiger partial charge in [-0.05, 0) is 31.1 Å². The molecule has 7 nitrogen and oxygen atoms in total. The largest absolute Gasteiger partial charge is 0.494 e. The second-order valence-electron chi connectivity index (χ2n) is 7.12. The molecule has 0 unspecified atom stereocenters. The van der Waals surface area contributed by atoms with Gasteiger partial charge in [-0.1, -0.05) is 51.6 Å². The zero-order valence-electron chi connectivity index (χ0n) is 18.5. The van der Waals surface area contributed by atoms with Crippen LogP contribution in [0.4, 0.5) is 13.2 Å². The van der Waals surface area contributed by atoms with Gasteiger partial charge in [0.05, 0.1) is 29.9 Å². The molecule has 2 aromatic heterocycles. The maximum absolute atomic E-state index is 12.7. The predicted molar refractivity (Wildman–Crippen MR) is 129 cm³/mol. The highest BCUT2D eigenvalue weighted by atomic mass is 35.5. The van der Waals surface area contributed by atoms with Crippen LogP contribution in [0.1, 0.15) is 24.2 Å². The molecular formula is C22H18Cl4F3N3O4. The fourth-order valence-corrected chi connectivity index (χ4v) is 3.56. The van der Waals surface area contributed by atoms with Crippen molar-refractivity contribution in [2.75, 3.05) is 20.3 Å². The Morgan fingerprint density at radius 2 is 1.86 bits per heavy atom. The fourth-order valence-electron chi connectivity index (χ4n) is 2.92. The summed E-state index contributed by atoms with van der Waals surface area (Å²) in [4.78, 5) is 8.01. The van der Waals surface area contributed by atoms with Crippen LogP contribution in [0.15, 0.2) is 39.5 Å². The molecule has 0 radical (unpaired) electrons. The van der Waals surface area contributed by atoms with Gasteiger partial charge in [0.1, 0.15) is 27.6 Å². The van der Waals surface area contributed by atoms with E-state index in [-0.39, 0.29) is 39.5 Å². The van der Waals surface area contributed by atoms with Gasteiger partial charge in [-0.2, -0.15) is 18.2 Å². The van der Waals surface area contributed by atoms with Crippen LogP contribution in [0.5, 0.6) is 17.4 Å². The summed E-state index contributed by atoms with van der Waals surface area (Å²) in [6, 6.07) is 3.97. The quantitative estimate of drug-likeness (QED) is 0.214. The first kappa shape index (κ1) is 28.2. The Kier molecular flexibility index (Phi) is 9.95. The van der Waals surface area contributed by atoms with Crippen LogP contribution in [-0.2, 0) is 12.6 Å². The van der Waals surface area contributed by atoms with E-state index >= 15 is 0 Å². The van der Waals surface area contributed by atoms with Crippen molar-refractivity contribution in [1.29, 1.82) is 0 Å². The summed E-state index contributed by atoms with van der Waals surface area (Å²) in [5, 5.41) is 4.03. The Labute approximate surface area is 224 Å². The molecule has 3 aromatic rings. The first-order valence-corrected chi connectivity index (χ1v) is 11.8. The van der Waals surface area contributed by atoms with Gasteiger partial charge in [-0.3, -0.25) is 0 Å². The van der Waals surface area contributed by atoms with Crippen LogP contribution in [0, 0.1) is 0 Å². The summed E-state index contributed by atoms with van der Waals surface area (Å²) in [5.74, 6) is 1.28. The van der Waals surface area contributed by atoms with Gasteiger partial charge < -0.3 is 18.7 Å². The molecule has 0 amide bonds. The van der Waals surface area contributed by atoms with E-state index in [2.05, 4.69) is 15.1 Å². The number of rotatable bonds is 11. The minimum absolute atomic E-state index is 0.0682. The van der Waals surface area contributed by atoms with E-state index in [1.165, 1.54) is 13.2 Å². The molecule has 0 saturated carbocycles. The third kappa shape index (κ3) is 7.80. The van der Waals surface area contributed by atoms with Gasteiger partial charge in [0, 0.05) is 18.7 Å². The SMILES string of the molecule is COc1c(Cl)cc(OCC=C(Cl)Cl)cc1-c1nc(CCCCOc2ncc(C(F)(F)F)cc2Cl)no1. The summed E-state index contributed by atoms with van der Waals surface area (Å²) in [6.45, 7) is 0.307. The molecule has 36 heavy (non-hydrogen) atoms. The van der Waals surface area contributed by atoms with Crippen molar-refractivity contribution in [3.05, 3.63) is 56.4 Å². The van der Waals surface area contributed by atoms with E-state index in [0.29, 0.717) is 48.3 Å². The molecule has 2 heterocycles. The van der Waals surface area contributed by atoms with Crippen molar-refractivity contribution in [1.82, 2.24) is 15.1 Å². The molecular weight excluding hydrogens is 569 g/mol. The van der Waals surface area contributed by atoms with Gasteiger partial charge in [0.25, 0.3) is 5.89 Å². The van der Waals surface area contributed by atoms with Crippen LogP contribution >= 0.6 is 46.4 Å². The maximum atomic E-state index is 12.7. The van der Waals surface area contributed by atoms with Gasteiger partial charge in [-0.25, -0.2) is 4.98 Å². The van der Waals surface area contributed by atoms with E-state index in [1.807, 2.05) is 0 Å². The fraction of sp³-hybridized carbons (Fsp3) is 0.318. The number of aryl methyl sites for hydroxylation is 1. The zero-order valence-corrected chi connectivity index (χ0v) is 21.6. The topological polar surface area (TPSA) is 79.5 Å². The summed E-state index contributed by atoms with van der Waals surface area (Å²) in [5.41, 5.74) is -0.509. The highest BCUT2D eigenvalue weighted by Gasteiger charge is 2.31. The molecule has 0 aliphatic carbocycles. The molecule has 0 aliphatic rings. The molecule has 0 atom stereocenters. The predicted octanol–water partition coefficient (Wildman–Crippen LogP) is 7.57. The molecule has 3 rings (SSSR count). The van der Waals surface area contributed by atoms with Gasteiger partial charge in [-0.15, -0.1) is 0 Å². The zero-order chi connectivity index (χ0) is 26.3. The third-order valence-corrected chi connectivity index (χ3v) is 5.44. The summed E-state index contributed by atoms with van der Waals surface area (Å²) in [6.07, 6.45) is -0.796. The molecule has 1 aromatic carbocycles. The molecule has 0 fully saturated rings. The Bertz CT molecular complexity index is 1220. The van der Waals surface area contributed by atoms with Crippen LogP contribution in [0.3, 0.4) is 0 Å². The van der Waals surface area contributed by atoms with E-state index < -0.39 is 11.7 Å². The molecule has 0 N–H and O–H groups in total. The number of alkyl halides is 3. The lowest BCUT2D eigenvalue weighted by Gasteiger charge is -2.11. The lowest BCUT2D eigenvalue weighted by Crippen LogP contribution is -2.07. The van der Waals surface area contributed by atoms with Gasteiger partial charge in [0.15, 0.2) is 5.82 Å². The Hall–Kier alpha value is -2.40. The van der Waals surface area contributed by atoms with Crippen molar-refractivity contribution < 1.29 is 31.9 Å². The van der Waals surface area contributed by atoms with Crippen LogP contribution in [-0.4, -0.2) is 35.4 Å². The Morgan fingerprint density at radius 1 is 1.08 bits per heavy atom. The number of benzene rings is 1. The number of ether oxygens (including phenoxy) is 3. The van der Waals surface area contributed by atoms with Crippen LogP contribution in [0.2, 0.25) is 10.0 Å². The highest BCUT2D eigenvalue weighted by molar-refractivity contribution is 6.55. The van der Waals surface area contributed by atoms with E-state index in [4.69, 9.17) is 65.1 Å². The third-order valence-electron chi connectivity index (χ3n) is 4.58. The summed E-state index contributed by atoms with van der Waals surface area (Å²) in [7, 11) is 1.45. The summed E-state index contributed by atoms with van der Waals surface area (Å²) < 4.78 is 59.8. The number of aromatic nitrogens is 3. The number of unbranched alkanes of at least 4 members (excludes halogenated alkanes) is 1. The van der Waals surface area contributed by atoms with Gasteiger partial charge >= 0.3 is 6.18 Å².